The molecule has 0 aromatic carbocycles. The van der Waals surface area contributed by atoms with Gasteiger partial charge in [-0.15, -0.1) is 0 Å². The number of oxime groups is 1. The lowest BCUT2D eigenvalue weighted by Crippen LogP contribution is -2.43. The van der Waals surface area contributed by atoms with Crippen molar-refractivity contribution in [3.8, 4) is 0 Å². The van der Waals surface area contributed by atoms with Crippen LogP contribution in [0, 0.1) is 12.8 Å². The molecular formula is C9H14F3N5O2. The van der Waals surface area contributed by atoms with E-state index in [-0.39, 0.29) is 6.54 Å². The second-order valence-electron chi connectivity index (χ2n) is 3.81. The molecule has 1 atom stereocenters. The van der Waals surface area contributed by atoms with Crippen LogP contribution in [0.2, 0.25) is 0 Å². The first-order valence-electron chi connectivity index (χ1n) is 5.38. The van der Waals surface area contributed by atoms with Crippen LogP contribution in [0.15, 0.2) is 9.68 Å². The molecule has 10 heteroatoms. The first kappa shape index (κ1) is 15.2. The van der Waals surface area contributed by atoms with E-state index in [4.69, 9.17) is 15.5 Å². The average Bonchev–Trinajstić information content (AvgIpc) is 2.72. The Hall–Kier alpha value is -1.84. The Morgan fingerprint density at radius 3 is 2.74 bits per heavy atom. The summed E-state index contributed by atoms with van der Waals surface area (Å²) >= 11 is 0. The topological polar surface area (TPSA) is 110 Å². The van der Waals surface area contributed by atoms with Gasteiger partial charge < -0.3 is 20.8 Å². The Labute approximate surface area is 106 Å². The number of hydrogen-bond acceptors (Lipinski definition) is 6. The lowest BCUT2D eigenvalue weighted by Gasteiger charge is -2.19. The second-order valence-corrected chi connectivity index (χ2v) is 3.81. The summed E-state index contributed by atoms with van der Waals surface area (Å²) in [6.07, 6.45) is -4.29. The number of amidine groups is 1. The number of aromatic nitrogens is 2. The molecule has 1 heterocycles. The lowest BCUT2D eigenvalue weighted by molar-refractivity contribution is -0.154. The number of nitrogens with zero attached hydrogens (tertiary/aromatic N) is 3. The monoisotopic (exact) mass is 281 g/mol. The van der Waals surface area contributed by atoms with Crippen LogP contribution >= 0.6 is 0 Å². The molecule has 0 aliphatic carbocycles. The third-order valence-electron chi connectivity index (χ3n) is 2.30. The first-order valence-corrected chi connectivity index (χ1v) is 5.38. The summed E-state index contributed by atoms with van der Waals surface area (Å²) in [4.78, 5) is 3.90. The summed E-state index contributed by atoms with van der Waals surface area (Å²) in [5, 5.41) is 16.8. The number of nitrogens with two attached hydrogens (primary N) is 1. The molecule has 1 aromatic rings. The highest BCUT2D eigenvalue weighted by Gasteiger charge is 2.42. The van der Waals surface area contributed by atoms with E-state index in [0.29, 0.717) is 18.1 Å². The van der Waals surface area contributed by atoms with Crippen molar-refractivity contribution in [2.45, 2.75) is 19.5 Å². The van der Waals surface area contributed by atoms with E-state index in [0.717, 1.165) is 0 Å². The van der Waals surface area contributed by atoms with E-state index in [1.165, 1.54) is 0 Å². The highest BCUT2D eigenvalue weighted by molar-refractivity contribution is 5.83. The zero-order chi connectivity index (χ0) is 14.5. The summed E-state index contributed by atoms with van der Waals surface area (Å²) in [6, 6.07) is 0. The number of rotatable bonds is 6. The minimum Gasteiger partial charge on any atom is -0.409 e. The van der Waals surface area contributed by atoms with Crippen molar-refractivity contribution >= 4 is 5.84 Å². The van der Waals surface area contributed by atoms with Crippen LogP contribution in [0.4, 0.5) is 13.2 Å². The average molecular weight is 281 g/mol. The Bertz CT molecular complexity index is 432. The largest absolute Gasteiger partial charge is 0.409 e. The highest BCUT2D eigenvalue weighted by atomic mass is 19.4. The van der Waals surface area contributed by atoms with Crippen molar-refractivity contribution < 1.29 is 22.9 Å². The van der Waals surface area contributed by atoms with Gasteiger partial charge in [0.15, 0.2) is 11.7 Å². The SMILES string of the molecule is Cc1noc(CCNCC(C(N)=NO)C(F)(F)F)n1. The molecule has 4 N–H and O–H groups in total. The first-order chi connectivity index (χ1) is 8.84. The maximum atomic E-state index is 12.6. The number of aryl methyl sites for hydroxylation is 1. The van der Waals surface area contributed by atoms with Crippen LogP contribution in [0.5, 0.6) is 0 Å². The van der Waals surface area contributed by atoms with E-state index < -0.39 is 24.5 Å². The zero-order valence-electron chi connectivity index (χ0n) is 10.1. The summed E-state index contributed by atoms with van der Waals surface area (Å²) in [6.45, 7) is 1.35. The van der Waals surface area contributed by atoms with Gasteiger partial charge in [0.05, 0.1) is 0 Å². The van der Waals surface area contributed by atoms with Crippen LogP contribution in [-0.4, -0.2) is 40.4 Å². The minimum absolute atomic E-state index is 0.201. The van der Waals surface area contributed by atoms with E-state index in [1.807, 2.05) is 0 Å². The molecular weight excluding hydrogens is 267 g/mol. The fourth-order valence-electron chi connectivity index (χ4n) is 1.34. The second kappa shape index (κ2) is 6.36. The molecule has 0 aliphatic rings. The standard InChI is InChI=1S/C9H14F3N5O2/c1-5-15-7(19-17-5)2-3-14-4-6(8(13)16-18)9(10,11)12/h6,14,18H,2-4H2,1H3,(H2,13,16). The molecule has 0 radical (unpaired) electrons. The predicted molar refractivity (Wildman–Crippen MR) is 58.6 cm³/mol. The van der Waals surface area contributed by atoms with Crippen molar-refractivity contribution in [1.29, 1.82) is 0 Å². The molecule has 19 heavy (non-hydrogen) atoms. The van der Waals surface area contributed by atoms with E-state index in [2.05, 4.69) is 20.6 Å². The van der Waals surface area contributed by atoms with Crippen molar-refractivity contribution in [3.63, 3.8) is 0 Å². The Kier molecular flexibility index (Phi) is 5.10. The predicted octanol–water partition coefficient (Wildman–Crippen LogP) is 0.435. The Balaban J connectivity index is 2.41. The zero-order valence-corrected chi connectivity index (χ0v) is 10.1. The fourth-order valence-corrected chi connectivity index (χ4v) is 1.34. The van der Waals surface area contributed by atoms with Gasteiger partial charge in [-0.05, 0) is 6.92 Å². The van der Waals surface area contributed by atoms with E-state index in [9.17, 15) is 13.2 Å². The maximum absolute atomic E-state index is 12.6. The molecule has 108 valence electrons. The number of nitrogens with one attached hydrogen (secondary N) is 1. The molecule has 0 saturated heterocycles. The van der Waals surface area contributed by atoms with Gasteiger partial charge in [0, 0.05) is 19.5 Å². The van der Waals surface area contributed by atoms with Crippen molar-refractivity contribution in [1.82, 2.24) is 15.5 Å². The third kappa shape index (κ3) is 4.73. The molecule has 0 fully saturated rings. The van der Waals surface area contributed by atoms with E-state index >= 15 is 0 Å². The fraction of sp³-hybridized carbons (Fsp3) is 0.667. The highest BCUT2D eigenvalue weighted by Crippen LogP contribution is 2.25. The lowest BCUT2D eigenvalue weighted by atomic mass is 10.1. The van der Waals surface area contributed by atoms with Gasteiger partial charge in [0.2, 0.25) is 5.89 Å². The Morgan fingerprint density at radius 1 is 1.58 bits per heavy atom. The number of hydrogen-bond donors (Lipinski definition) is 3. The third-order valence-corrected chi connectivity index (χ3v) is 2.30. The number of halogens is 3. The molecule has 1 aromatic heterocycles. The molecule has 7 nitrogen and oxygen atoms in total. The van der Waals surface area contributed by atoms with Crippen LogP contribution in [-0.2, 0) is 6.42 Å². The van der Waals surface area contributed by atoms with Crippen LogP contribution in [0.3, 0.4) is 0 Å². The van der Waals surface area contributed by atoms with Gasteiger partial charge in [0.1, 0.15) is 5.92 Å². The van der Waals surface area contributed by atoms with E-state index in [1.54, 1.807) is 6.92 Å². The van der Waals surface area contributed by atoms with Crippen molar-refractivity contribution in [2.24, 2.45) is 16.8 Å². The summed E-state index contributed by atoms with van der Waals surface area (Å²) in [5.41, 5.74) is 5.00. The quantitative estimate of drug-likeness (QED) is 0.229. The van der Waals surface area contributed by atoms with Crippen LogP contribution in [0.1, 0.15) is 11.7 Å². The van der Waals surface area contributed by atoms with Gasteiger partial charge in [-0.25, -0.2) is 0 Å². The van der Waals surface area contributed by atoms with Gasteiger partial charge >= 0.3 is 6.18 Å². The van der Waals surface area contributed by atoms with Gasteiger partial charge in [-0.1, -0.05) is 10.3 Å². The molecule has 0 aliphatic heterocycles. The van der Waals surface area contributed by atoms with Gasteiger partial charge in [0.25, 0.3) is 0 Å². The summed E-state index contributed by atoms with van der Waals surface area (Å²) in [5.74, 6) is -2.13. The van der Waals surface area contributed by atoms with Crippen molar-refractivity contribution in [2.75, 3.05) is 13.1 Å². The van der Waals surface area contributed by atoms with Crippen LogP contribution < -0.4 is 11.1 Å². The molecule has 0 amide bonds. The number of alkyl halides is 3. The normalized spacial score (nSPS) is 14.6. The molecule has 1 rings (SSSR count). The van der Waals surface area contributed by atoms with Gasteiger partial charge in [-0.2, -0.15) is 18.2 Å². The smallest absolute Gasteiger partial charge is 0.400 e. The summed E-state index contributed by atoms with van der Waals surface area (Å²) in [7, 11) is 0. The van der Waals surface area contributed by atoms with Crippen molar-refractivity contribution in [3.05, 3.63) is 11.7 Å². The summed E-state index contributed by atoms with van der Waals surface area (Å²) < 4.78 is 42.5. The van der Waals surface area contributed by atoms with Gasteiger partial charge in [-0.3, -0.25) is 0 Å². The molecule has 1 unspecified atom stereocenters. The Morgan fingerprint density at radius 2 is 2.26 bits per heavy atom. The molecule has 0 bridgehead atoms. The maximum Gasteiger partial charge on any atom is 0.400 e. The minimum atomic E-state index is -4.58. The van der Waals surface area contributed by atoms with Crippen LogP contribution in [0.25, 0.3) is 0 Å². The molecule has 0 spiro atoms. The molecule has 0 saturated carbocycles.